The van der Waals surface area contributed by atoms with Gasteiger partial charge in [-0.25, -0.2) is 0 Å². The van der Waals surface area contributed by atoms with Crippen molar-refractivity contribution in [2.45, 2.75) is 54.0 Å². The Kier molecular flexibility index (Phi) is 4.30. The maximum atomic E-state index is 5.29. The predicted octanol–water partition coefficient (Wildman–Crippen LogP) is 3.58. The van der Waals surface area contributed by atoms with Gasteiger partial charge in [0.15, 0.2) is 4.77 Å². The van der Waals surface area contributed by atoms with Gasteiger partial charge in [0.25, 0.3) is 0 Å². The highest BCUT2D eigenvalue weighted by molar-refractivity contribution is 7.71. The average Bonchev–Trinajstić information content (AvgIpc) is 2.50. The Hall–Kier alpha value is -0.640. The molecule has 0 aliphatic carbocycles. The number of hydrogen-bond donors (Lipinski definition) is 1. The van der Waals surface area contributed by atoms with E-state index in [1.165, 1.54) is 0 Å². The molecular weight excluding hydrogens is 218 g/mol. The normalized spacial score (nSPS) is 12.4. The van der Waals surface area contributed by atoms with E-state index < -0.39 is 0 Å². The zero-order valence-corrected chi connectivity index (χ0v) is 11.8. The zero-order chi connectivity index (χ0) is 12.3. The standard InChI is InChI=1S/C12H23N3S/c1-6-7-10-13-14-11(16)15(10)8-12(4,5)9(2)3/h9H,6-8H2,1-5H3,(H,14,16). The maximum Gasteiger partial charge on any atom is 0.195 e. The van der Waals surface area contributed by atoms with Crippen LogP contribution in [0.1, 0.15) is 46.9 Å². The second kappa shape index (κ2) is 5.13. The molecule has 0 aliphatic rings. The van der Waals surface area contributed by atoms with E-state index in [0.29, 0.717) is 5.92 Å². The second-order valence-electron chi connectivity index (χ2n) is 5.42. The van der Waals surface area contributed by atoms with E-state index in [0.717, 1.165) is 30.0 Å². The molecule has 0 aliphatic heterocycles. The lowest BCUT2D eigenvalue weighted by Gasteiger charge is -2.30. The molecule has 0 saturated heterocycles. The van der Waals surface area contributed by atoms with Crippen LogP contribution in [0.4, 0.5) is 0 Å². The molecule has 0 atom stereocenters. The van der Waals surface area contributed by atoms with E-state index in [1.54, 1.807) is 0 Å². The van der Waals surface area contributed by atoms with Gasteiger partial charge in [-0.2, -0.15) is 5.10 Å². The molecule has 16 heavy (non-hydrogen) atoms. The van der Waals surface area contributed by atoms with Crippen LogP contribution in [-0.4, -0.2) is 14.8 Å². The van der Waals surface area contributed by atoms with Crippen LogP contribution in [0.15, 0.2) is 0 Å². The molecule has 0 spiro atoms. The lowest BCUT2D eigenvalue weighted by molar-refractivity contribution is 0.206. The van der Waals surface area contributed by atoms with Gasteiger partial charge < -0.3 is 4.57 Å². The summed E-state index contributed by atoms with van der Waals surface area (Å²) in [4.78, 5) is 0. The number of hydrogen-bond acceptors (Lipinski definition) is 2. The fourth-order valence-corrected chi connectivity index (χ4v) is 1.73. The van der Waals surface area contributed by atoms with Crippen molar-refractivity contribution >= 4 is 12.2 Å². The van der Waals surface area contributed by atoms with Crippen LogP contribution in [0.5, 0.6) is 0 Å². The third-order valence-corrected chi connectivity index (χ3v) is 3.75. The van der Waals surface area contributed by atoms with Crippen LogP contribution in [0.3, 0.4) is 0 Å². The topological polar surface area (TPSA) is 33.6 Å². The molecule has 0 unspecified atom stereocenters. The Bertz CT molecular complexity index is 387. The summed E-state index contributed by atoms with van der Waals surface area (Å²) in [6.45, 7) is 12.2. The van der Waals surface area contributed by atoms with Crippen LogP contribution in [0, 0.1) is 16.1 Å². The molecule has 0 saturated carbocycles. The fraction of sp³-hybridized carbons (Fsp3) is 0.833. The van der Waals surface area contributed by atoms with Gasteiger partial charge in [-0.15, -0.1) is 0 Å². The molecule has 0 fully saturated rings. The van der Waals surface area contributed by atoms with Crippen molar-refractivity contribution < 1.29 is 0 Å². The summed E-state index contributed by atoms with van der Waals surface area (Å²) in [6.07, 6.45) is 2.09. The van der Waals surface area contributed by atoms with Gasteiger partial charge in [0.2, 0.25) is 0 Å². The summed E-state index contributed by atoms with van der Waals surface area (Å²) in [6, 6.07) is 0. The third kappa shape index (κ3) is 2.94. The second-order valence-corrected chi connectivity index (χ2v) is 5.81. The quantitative estimate of drug-likeness (QED) is 0.799. The van der Waals surface area contributed by atoms with Gasteiger partial charge in [0.1, 0.15) is 5.82 Å². The largest absolute Gasteiger partial charge is 0.304 e. The molecule has 1 aromatic rings. The van der Waals surface area contributed by atoms with Crippen molar-refractivity contribution in [1.82, 2.24) is 14.8 Å². The molecule has 1 aromatic heterocycles. The van der Waals surface area contributed by atoms with Crippen LogP contribution >= 0.6 is 12.2 Å². The Morgan fingerprint density at radius 2 is 2.06 bits per heavy atom. The van der Waals surface area contributed by atoms with Gasteiger partial charge in [-0.3, -0.25) is 5.10 Å². The van der Waals surface area contributed by atoms with Gasteiger partial charge >= 0.3 is 0 Å². The minimum absolute atomic E-state index is 0.241. The van der Waals surface area contributed by atoms with Crippen molar-refractivity contribution in [2.75, 3.05) is 0 Å². The van der Waals surface area contributed by atoms with E-state index in [4.69, 9.17) is 12.2 Å². The molecule has 1 N–H and O–H groups in total. The Balaban J connectivity index is 2.96. The summed E-state index contributed by atoms with van der Waals surface area (Å²) in [5.74, 6) is 1.71. The summed E-state index contributed by atoms with van der Waals surface area (Å²) >= 11 is 5.29. The SMILES string of the molecule is CCCc1n[nH]c(=S)n1CC(C)(C)C(C)C. The molecule has 0 amide bonds. The molecule has 1 heterocycles. The van der Waals surface area contributed by atoms with Crippen molar-refractivity contribution in [3.8, 4) is 0 Å². The van der Waals surface area contributed by atoms with E-state index in [-0.39, 0.29) is 5.41 Å². The van der Waals surface area contributed by atoms with Gasteiger partial charge in [0, 0.05) is 13.0 Å². The number of H-pyrrole nitrogens is 1. The minimum Gasteiger partial charge on any atom is -0.304 e. The highest BCUT2D eigenvalue weighted by Gasteiger charge is 2.24. The molecule has 0 radical (unpaired) electrons. The zero-order valence-electron chi connectivity index (χ0n) is 11.0. The lowest BCUT2D eigenvalue weighted by Crippen LogP contribution is -2.26. The molecule has 0 bridgehead atoms. The molecule has 1 rings (SSSR count). The lowest BCUT2D eigenvalue weighted by atomic mass is 9.81. The first-order chi connectivity index (χ1) is 7.38. The van der Waals surface area contributed by atoms with Crippen molar-refractivity contribution in [1.29, 1.82) is 0 Å². The smallest absolute Gasteiger partial charge is 0.195 e. The first-order valence-corrected chi connectivity index (χ1v) is 6.43. The van der Waals surface area contributed by atoms with Crippen molar-refractivity contribution in [3.63, 3.8) is 0 Å². The highest BCUT2D eigenvalue weighted by Crippen LogP contribution is 2.28. The molecular formula is C12H23N3S. The number of aromatic nitrogens is 3. The first-order valence-electron chi connectivity index (χ1n) is 6.02. The van der Waals surface area contributed by atoms with Crippen molar-refractivity contribution in [2.24, 2.45) is 11.3 Å². The number of aromatic amines is 1. The fourth-order valence-electron chi connectivity index (χ4n) is 1.52. The molecule has 92 valence electrons. The molecule has 0 aromatic carbocycles. The number of rotatable bonds is 5. The van der Waals surface area contributed by atoms with E-state index >= 15 is 0 Å². The van der Waals surface area contributed by atoms with E-state index in [9.17, 15) is 0 Å². The van der Waals surface area contributed by atoms with Crippen LogP contribution < -0.4 is 0 Å². The number of aryl methyl sites for hydroxylation is 1. The van der Waals surface area contributed by atoms with Crippen LogP contribution in [0.2, 0.25) is 0 Å². The first kappa shape index (κ1) is 13.4. The van der Waals surface area contributed by atoms with Crippen molar-refractivity contribution in [3.05, 3.63) is 10.6 Å². The Morgan fingerprint density at radius 1 is 1.44 bits per heavy atom. The third-order valence-electron chi connectivity index (χ3n) is 3.44. The van der Waals surface area contributed by atoms with E-state index in [1.807, 2.05) is 0 Å². The average molecular weight is 241 g/mol. The summed E-state index contributed by atoms with van der Waals surface area (Å²) < 4.78 is 2.90. The summed E-state index contributed by atoms with van der Waals surface area (Å²) in [5.41, 5.74) is 0.241. The van der Waals surface area contributed by atoms with Gasteiger partial charge in [0.05, 0.1) is 0 Å². The Morgan fingerprint density at radius 3 is 2.56 bits per heavy atom. The predicted molar refractivity (Wildman–Crippen MR) is 70.0 cm³/mol. The summed E-state index contributed by atoms with van der Waals surface area (Å²) in [7, 11) is 0. The van der Waals surface area contributed by atoms with Crippen LogP contribution in [-0.2, 0) is 13.0 Å². The minimum atomic E-state index is 0.241. The molecule has 4 heteroatoms. The Labute approximate surface area is 103 Å². The van der Waals surface area contributed by atoms with Crippen LogP contribution in [0.25, 0.3) is 0 Å². The van der Waals surface area contributed by atoms with Gasteiger partial charge in [-0.1, -0.05) is 34.6 Å². The van der Waals surface area contributed by atoms with Gasteiger partial charge in [-0.05, 0) is 30.0 Å². The molecule has 3 nitrogen and oxygen atoms in total. The number of nitrogens with one attached hydrogen (secondary N) is 1. The van der Waals surface area contributed by atoms with E-state index in [2.05, 4.69) is 49.4 Å². The number of nitrogens with zero attached hydrogens (tertiary/aromatic N) is 2. The maximum absolute atomic E-state index is 5.29. The summed E-state index contributed by atoms with van der Waals surface area (Å²) in [5, 5.41) is 7.19. The monoisotopic (exact) mass is 241 g/mol. The highest BCUT2D eigenvalue weighted by atomic mass is 32.1.